The van der Waals surface area contributed by atoms with Gasteiger partial charge in [0.15, 0.2) is 0 Å². The molecule has 0 aliphatic heterocycles. The van der Waals surface area contributed by atoms with Crippen molar-refractivity contribution in [2.24, 2.45) is 5.92 Å². The lowest BCUT2D eigenvalue weighted by atomic mass is 9.96. The van der Waals surface area contributed by atoms with Crippen LogP contribution in [0.15, 0.2) is 10.6 Å². The summed E-state index contributed by atoms with van der Waals surface area (Å²) in [7, 11) is 0. The van der Waals surface area contributed by atoms with E-state index >= 15 is 0 Å². The smallest absolute Gasteiger partial charge is 0.211 e. The molecule has 0 spiro atoms. The lowest BCUT2D eigenvalue weighted by Crippen LogP contribution is -2.17. The van der Waals surface area contributed by atoms with Crippen molar-refractivity contribution in [3.63, 3.8) is 0 Å². The van der Waals surface area contributed by atoms with Gasteiger partial charge in [0.05, 0.1) is 12.2 Å². The Morgan fingerprint density at radius 2 is 2.06 bits per heavy atom. The van der Waals surface area contributed by atoms with E-state index in [0.29, 0.717) is 0 Å². The summed E-state index contributed by atoms with van der Waals surface area (Å²) in [5, 5.41) is 3.33. The van der Waals surface area contributed by atoms with Crippen LogP contribution in [0.2, 0.25) is 0 Å². The van der Waals surface area contributed by atoms with Crippen molar-refractivity contribution >= 4 is 0 Å². The van der Waals surface area contributed by atoms with Gasteiger partial charge in [-0.3, -0.25) is 0 Å². The largest absolute Gasteiger partial charge is 0.444 e. The fourth-order valence-corrected chi connectivity index (χ4v) is 2.86. The van der Waals surface area contributed by atoms with Gasteiger partial charge in [0.1, 0.15) is 5.76 Å². The Morgan fingerprint density at radius 3 is 2.72 bits per heavy atom. The Labute approximate surface area is 110 Å². The van der Waals surface area contributed by atoms with Gasteiger partial charge in [0.2, 0.25) is 5.89 Å². The third kappa shape index (κ3) is 3.84. The number of rotatable bonds is 5. The molecule has 3 nitrogen and oxygen atoms in total. The predicted octanol–water partition coefficient (Wildman–Crippen LogP) is 3.86. The summed E-state index contributed by atoms with van der Waals surface area (Å²) < 4.78 is 5.87. The zero-order chi connectivity index (χ0) is 12.8. The summed E-state index contributed by atoms with van der Waals surface area (Å²) in [5.41, 5.74) is 0. The van der Waals surface area contributed by atoms with Gasteiger partial charge in [-0.1, -0.05) is 45.4 Å². The maximum Gasteiger partial charge on any atom is 0.211 e. The molecule has 18 heavy (non-hydrogen) atoms. The number of oxazole rings is 1. The van der Waals surface area contributed by atoms with Crippen LogP contribution in [-0.2, 0) is 6.42 Å². The second-order valence-electron chi connectivity index (χ2n) is 5.51. The highest BCUT2D eigenvalue weighted by atomic mass is 16.4. The van der Waals surface area contributed by atoms with Gasteiger partial charge in [-0.15, -0.1) is 0 Å². The maximum absolute atomic E-state index is 5.87. The van der Waals surface area contributed by atoms with E-state index in [1.807, 2.05) is 6.20 Å². The van der Waals surface area contributed by atoms with Gasteiger partial charge in [0, 0.05) is 6.42 Å². The molecule has 1 aromatic heterocycles. The Morgan fingerprint density at radius 1 is 1.33 bits per heavy atom. The molecule has 1 aromatic rings. The van der Waals surface area contributed by atoms with Crippen LogP contribution in [0.4, 0.5) is 0 Å². The van der Waals surface area contributed by atoms with Crippen LogP contribution in [-0.4, -0.2) is 11.5 Å². The molecule has 0 amide bonds. The first-order chi connectivity index (χ1) is 8.79. The highest BCUT2D eigenvalue weighted by Crippen LogP contribution is 2.26. The van der Waals surface area contributed by atoms with E-state index in [0.717, 1.165) is 30.5 Å². The van der Waals surface area contributed by atoms with E-state index in [1.54, 1.807) is 0 Å². The average Bonchev–Trinajstić information content (AvgIpc) is 2.67. The SMILES string of the molecule is CCNC(C)c1ncc(CC2CCCCCC2)o1. The number of hydrogen-bond acceptors (Lipinski definition) is 3. The maximum atomic E-state index is 5.87. The molecule has 1 saturated carbocycles. The number of aromatic nitrogens is 1. The van der Waals surface area contributed by atoms with Crippen LogP contribution in [0.5, 0.6) is 0 Å². The van der Waals surface area contributed by atoms with E-state index in [2.05, 4.69) is 24.1 Å². The molecule has 1 fully saturated rings. The minimum Gasteiger partial charge on any atom is -0.444 e. The van der Waals surface area contributed by atoms with Crippen molar-refractivity contribution in [1.82, 2.24) is 10.3 Å². The first-order valence-electron chi connectivity index (χ1n) is 7.47. The predicted molar refractivity (Wildman–Crippen MR) is 73.5 cm³/mol. The highest BCUT2D eigenvalue weighted by molar-refractivity contribution is 4.98. The minimum atomic E-state index is 0.220. The molecular formula is C15H26N2O. The van der Waals surface area contributed by atoms with Crippen molar-refractivity contribution in [2.75, 3.05) is 6.54 Å². The summed E-state index contributed by atoms with van der Waals surface area (Å²) >= 11 is 0. The molecular weight excluding hydrogens is 224 g/mol. The van der Waals surface area contributed by atoms with E-state index in [9.17, 15) is 0 Å². The Bertz CT molecular complexity index is 340. The summed E-state index contributed by atoms with van der Waals surface area (Å²) in [6, 6.07) is 0.220. The van der Waals surface area contributed by atoms with Gasteiger partial charge in [0.25, 0.3) is 0 Å². The molecule has 3 heteroatoms. The van der Waals surface area contributed by atoms with Crippen LogP contribution in [0, 0.1) is 5.92 Å². The molecule has 0 aromatic carbocycles. The molecule has 1 aliphatic rings. The summed E-state index contributed by atoms with van der Waals surface area (Å²) in [6.45, 7) is 5.15. The van der Waals surface area contributed by atoms with Crippen molar-refractivity contribution in [2.45, 2.75) is 64.8 Å². The molecule has 0 saturated heterocycles. The molecule has 0 radical (unpaired) electrons. The van der Waals surface area contributed by atoms with E-state index in [-0.39, 0.29) is 6.04 Å². The molecule has 0 bridgehead atoms. The zero-order valence-electron chi connectivity index (χ0n) is 11.7. The standard InChI is InChI=1S/C15H26N2O/c1-3-16-12(2)15-17-11-14(18-15)10-13-8-6-4-5-7-9-13/h11-13,16H,3-10H2,1-2H3. The monoisotopic (exact) mass is 250 g/mol. The van der Waals surface area contributed by atoms with Crippen LogP contribution < -0.4 is 5.32 Å². The van der Waals surface area contributed by atoms with Crippen LogP contribution >= 0.6 is 0 Å². The molecule has 1 unspecified atom stereocenters. The second-order valence-corrected chi connectivity index (χ2v) is 5.51. The highest BCUT2D eigenvalue weighted by Gasteiger charge is 2.16. The summed E-state index contributed by atoms with van der Waals surface area (Å²) in [4.78, 5) is 4.39. The molecule has 102 valence electrons. The molecule has 1 aliphatic carbocycles. The Hall–Kier alpha value is -0.830. The molecule has 2 rings (SSSR count). The third-order valence-corrected chi connectivity index (χ3v) is 3.92. The Kier molecular flexibility index (Phi) is 5.24. The summed E-state index contributed by atoms with van der Waals surface area (Å²) in [6.07, 6.45) is 11.3. The van der Waals surface area contributed by atoms with Gasteiger partial charge in [-0.05, 0) is 19.4 Å². The lowest BCUT2D eigenvalue weighted by Gasteiger charge is -2.11. The number of hydrogen-bond donors (Lipinski definition) is 1. The quantitative estimate of drug-likeness (QED) is 0.806. The van der Waals surface area contributed by atoms with Gasteiger partial charge >= 0.3 is 0 Å². The van der Waals surface area contributed by atoms with Crippen LogP contribution in [0.3, 0.4) is 0 Å². The number of nitrogens with zero attached hydrogens (tertiary/aromatic N) is 1. The summed E-state index contributed by atoms with van der Waals surface area (Å²) in [5.74, 6) is 2.71. The topological polar surface area (TPSA) is 38.1 Å². The first kappa shape index (κ1) is 13.6. The van der Waals surface area contributed by atoms with Gasteiger partial charge in [-0.2, -0.15) is 0 Å². The van der Waals surface area contributed by atoms with Crippen molar-refractivity contribution < 1.29 is 4.42 Å². The average molecular weight is 250 g/mol. The van der Waals surface area contributed by atoms with E-state index in [4.69, 9.17) is 4.42 Å². The van der Waals surface area contributed by atoms with E-state index in [1.165, 1.54) is 38.5 Å². The zero-order valence-corrected chi connectivity index (χ0v) is 11.7. The van der Waals surface area contributed by atoms with Crippen LogP contribution in [0.1, 0.15) is 70.1 Å². The van der Waals surface area contributed by atoms with Crippen molar-refractivity contribution in [1.29, 1.82) is 0 Å². The molecule has 1 N–H and O–H groups in total. The van der Waals surface area contributed by atoms with E-state index < -0.39 is 0 Å². The number of nitrogens with one attached hydrogen (secondary N) is 1. The van der Waals surface area contributed by atoms with Gasteiger partial charge < -0.3 is 9.73 Å². The Balaban J connectivity index is 1.89. The fourth-order valence-electron chi connectivity index (χ4n) is 2.86. The fraction of sp³-hybridized carbons (Fsp3) is 0.800. The molecule has 1 atom stereocenters. The van der Waals surface area contributed by atoms with Gasteiger partial charge in [-0.25, -0.2) is 4.98 Å². The molecule has 1 heterocycles. The minimum absolute atomic E-state index is 0.220. The van der Waals surface area contributed by atoms with Crippen molar-refractivity contribution in [3.05, 3.63) is 17.8 Å². The second kappa shape index (κ2) is 6.93. The van der Waals surface area contributed by atoms with Crippen LogP contribution in [0.25, 0.3) is 0 Å². The lowest BCUT2D eigenvalue weighted by molar-refractivity contribution is 0.363. The third-order valence-electron chi connectivity index (χ3n) is 3.92. The normalized spacial score (nSPS) is 19.7. The van der Waals surface area contributed by atoms with Crippen molar-refractivity contribution in [3.8, 4) is 0 Å². The first-order valence-corrected chi connectivity index (χ1v) is 7.47.